The standard InChI is InChI=1S/C16H12ClNO2S2/c1-21-14-6-2-12(3-7-14)10-16(11-18)22(19,20)15-8-4-13(17)5-9-15/h2-10H,1H3/b16-10-. The minimum Gasteiger partial charge on any atom is -0.218 e. The third-order valence-corrected chi connectivity index (χ3v) is 5.61. The first-order chi connectivity index (χ1) is 10.5. The first-order valence-electron chi connectivity index (χ1n) is 6.24. The molecule has 0 unspecified atom stereocenters. The molecule has 0 bridgehead atoms. The quantitative estimate of drug-likeness (QED) is 0.606. The molecule has 0 radical (unpaired) electrons. The van der Waals surface area contributed by atoms with Crippen molar-refractivity contribution in [3.8, 4) is 6.07 Å². The van der Waals surface area contributed by atoms with Crippen molar-refractivity contribution in [1.82, 2.24) is 0 Å². The Balaban J connectivity index is 2.43. The van der Waals surface area contributed by atoms with Crippen LogP contribution < -0.4 is 0 Å². The molecule has 0 aliphatic rings. The largest absolute Gasteiger partial charge is 0.218 e. The molecule has 3 nitrogen and oxygen atoms in total. The highest BCUT2D eigenvalue weighted by Gasteiger charge is 2.20. The summed E-state index contributed by atoms with van der Waals surface area (Å²) in [5.74, 6) is 0. The molecule has 0 N–H and O–H groups in total. The van der Waals surface area contributed by atoms with E-state index in [-0.39, 0.29) is 9.80 Å². The van der Waals surface area contributed by atoms with Gasteiger partial charge < -0.3 is 0 Å². The van der Waals surface area contributed by atoms with Gasteiger partial charge in [-0.05, 0) is 54.3 Å². The molecule has 0 aromatic heterocycles. The molecule has 0 saturated heterocycles. The van der Waals surface area contributed by atoms with Crippen LogP contribution >= 0.6 is 23.4 Å². The molecule has 22 heavy (non-hydrogen) atoms. The fourth-order valence-electron chi connectivity index (χ4n) is 1.76. The number of allylic oxidation sites excluding steroid dienone is 1. The Morgan fingerprint density at radius 2 is 1.73 bits per heavy atom. The van der Waals surface area contributed by atoms with Gasteiger partial charge in [-0.25, -0.2) is 8.42 Å². The van der Waals surface area contributed by atoms with Crippen molar-refractivity contribution >= 4 is 39.3 Å². The van der Waals surface area contributed by atoms with Crippen LogP contribution in [0.2, 0.25) is 5.02 Å². The van der Waals surface area contributed by atoms with E-state index >= 15 is 0 Å². The zero-order chi connectivity index (χ0) is 16.2. The van der Waals surface area contributed by atoms with Gasteiger partial charge in [0.05, 0.1) is 4.90 Å². The lowest BCUT2D eigenvalue weighted by molar-refractivity contribution is 0.603. The van der Waals surface area contributed by atoms with Gasteiger partial charge in [-0.3, -0.25) is 0 Å². The zero-order valence-corrected chi connectivity index (χ0v) is 14.0. The number of nitriles is 1. The van der Waals surface area contributed by atoms with Crippen LogP contribution in [0.5, 0.6) is 0 Å². The predicted molar refractivity (Wildman–Crippen MR) is 90.5 cm³/mol. The van der Waals surface area contributed by atoms with Crippen molar-refractivity contribution in [2.45, 2.75) is 9.79 Å². The van der Waals surface area contributed by atoms with Gasteiger partial charge in [0.1, 0.15) is 11.0 Å². The summed E-state index contributed by atoms with van der Waals surface area (Å²) in [5, 5.41) is 9.65. The average Bonchev–Trinajstić information content (AvgIpc) is 2.53. The Labute approximate surface area is 139 Å². The smallest absolute Gasteiger partial charge is 0.216 e. The van der Waals surface area contributed by atoms with Gasteiger partial charge in [0.2, 0.25) is 9.84 Å². The van der Waals surface area contributed by atoms with Crippen molar-refractivity contribution in [2.75, 3.05) is 6.26 Å². The Kier molecular flexibility index (Phi) is 5.30. The predicted octanol–water partition coefficient (Wildman–Crippen LogP) is 4.40. The third kappa shape index (κ3) is 3.72. The summed E-state index contributed by atoms with van der Waals surface area (Å²) in [6, 6.07) is 14.8. The first kappa shape index (κ1) is 16.6. The van der Waals surface area contributed by atoms with Gasteiger partial charge in [-0.1, -0.05) is 23.7 Å². The average molecular weight is 350 g/mol. The molecule has 0 amide bonds. The molecule has 0 saturated carbocycles. The maximum atomic E-state index is 12.5. The fourth-order valence-corrected chi connectivity index (χ4v) is 3.46. The van der Waals surface area contributed by atoms with Crippen molar-refractivity contribution in [3.05, 3.63) is 64.0 Å². The van der Waals surface area contributed by atoms with Gasteiger partial charge in [0.25, 0.3) is 0 Å². The number of halogens is 1. The van der Waals surface area contributed by atoms with E-state index in [1.54, 1.807) is 30.0 Å². The van der Waals surface area contributed by atoms with Crippen LogP contribution in [0.4, 0.5) is 0 Å². The zero-order valence-electron chi connectivity index (χ0n) is 11.7. The Hall–Kier alpha value is -1.74. The molecule has 0 aliphatic heterocycles. The molecule has 0 aliphatic carbocycles. The lowest BCUT2D eigenvalue weighted by atomic mass is 10.2. The van der Waals surface area contributed by atoms with E-state index in [0.29, 0.717) is 10.6 Å². The topological polar surface area (TPSA) is 57.9 Å². The Morgan fingerprint density at radius 1 is 1.14 bits per heavy atom. The van der Waals surface area contributed by atoms with Crippen molar-refractivity contribution < 1.29 is 8.42 Å². The van der Waals surface area contributed by atoms with Crippen LogP contribution in [0.25, 0.3) is 6.08 Å². The van der Waals surface area contributed by atoms with E-state index < -0.39 is 9.84 Å². The fraction of sp³-hybridized carbons (Fsp3) is 0.0625. The molecule has 112 valence electrons. The Morgan fingerprint density at radius 3 is 2.23 bits per heavy atom. The normalized spacial score (nSPS) is 12.0. The number of benzene rings is 2. The third-order valence-electron chi connectivity index (χ3n) is 2.94. The highest BCUT2D eigenvalue weighted by atomic mass is 35.5. The maximum Gasteiger partial charge on any atom is 0.216 e. The highest BCUT2D eigenvalue weighted by Crippen LogP contribution is 2.23. The summed E-state index contributed by atoms with van der Waals surface area (Å²) in [7, 11) is -3.85. The molecule has 2 aromatic carbocycles. The van der Waals surface area contributed by atoms with E-state index in [1.807, 2.05) is 18.4 Å². The van der Waals surface area contributed by atoms with E-state index in [2.05, 4.69) is 0 Å². The molecule has 0 atom stereocenters. The van der Waals surface area contributed by atoms with E-state index in [1.165, 1.54) is 30.3 Å². The van der Waals surface area contributed by atoms with E-state index in [0.717, 1.165) is 4.90 Å². The van der Waals surface area contributed by atoms with Crippen LogP contribution in [-0.4, -0.2) is 14.7 Å². The minimum absolute atomic E-state index is 0.0467. The summed E-state index contributed by atoms with van der Waals surface area (Å²) in [6.45, 7) is 0. The number of rotatable bonds is 4. The Bertz CT molecular complexity index is 833. The summed E-state index contributed by atoms with van der Waals surface area (Å²) < 4.78 is 24.9. The molecular weight excluding hydrogens is 338 g/mol. The van der Waals surface area contributed by atoms with Crippen LogP contribution in [-0.2, 0) is 9.84 Å². The van der Waals surface area contributed by atoms with Gasteiger partial charge in [0.15, 0.2) is 0 Å². The molecule has 6 heteroatoms. The van der Waals surface area contributed by atoms with Crippen molar-refractivity contribution in [3.63, 3.8) is 0 Å². The first-order valence-corrected chi connectivity index (χ1v) is 9.32. The monoisotopic (exact) mass is 349 g/mol. The number of sulfone groups is 1. The molecule has 0 spiro atoms. The molecule has 2 aromatic rings. The second-order valence-electron chi connectivity index (χ2n) is 4.35. The SMILES string of the molecule is CSc1ccc(/C=C(/C#N)S(=O)(=O)c2ccc(Cl)cc2)cc1. The van der Waals surface area contributed by atoms with Gasteiger partial charge >= 0.3 is 0 Å². The lowest BCUT2D eigenvalue weighted by Gasteiger charge is -2.04. The minimum atomic E-state index is -3.85. The van der Waals surface area contributed by atoms with E-state index in [4.69, 9.17) is 11.6 Å². The lowest BCUT2D eigenvalue weighted by Crippen LogP contribution is -2.03. The van der Waals surface area contributed by atoms with Crippen LogP contribution in [0.15, 0.2) is 63.2 Å². The molecule has 0 heterocycles. The van der Waals surface area contributed by atoms with Crippen molar-refractivity contribution in [1.29, 1.82) is 5.26 Å². The second-order valence-corrected chi connectivity index (χ2v) is 7.59. The molecule has 0 fully saturated rings. The van der Waals surface area contributed by atoms with Crippen LogP contribution in [0, 0.1) is 11.3 Å². The number of hydrogen-bond acceptors (Lipinski definition) is 4. The van der Waals surface area contributed by atoms with Gasteiger partial charge in [-0.2, -0.15) is 5.26 Å². The summed E-state index contributed by atoms with van der Waals surface area (Å²) >= 11 is 7.35. The number of thioether (sulfide) groups is 1. The summed E-state index contributed by atoms with van der Waals surface area (Å²) in [5.41, 5.74) is 0.659. The second kappa shape index (κ2) is 7.01. The van der Waals surface area contributed by atoms with Crippen molar-refractivity contribution in [2.24, 2.45) is 0 Å². The highest BCUT2D eigenvalue weighted by molar-refractivity contribution is 7.98. The van der Waals surface area contributed by atoms with Crippen LogP contribution in [0.3, 0.4) is 0 Å². The maximum absolute atomic E-state index is 12.5. The summed E-state index contributed by atoms with van der Waals surface area (Å²) in [6.07, 6.45) is 3.32. The number of hydrogen-bond donors (Lipinski definition) is 0. The number of nitrogens with zero attached hydrogens (tertiary/aromatic N) is 1. The van der Waals surface area contributed by atoms with Gasteiger partial charge in [0, 0.05) is 9.92 Å². The van der Waals surface area contributed by atoms with E-state index in [9.17, 15) is 13.7 Å². The molecular formula is C16H12ClNO2S2. The van der Waals surface area contributed by atoms with Crippen LogP contribution in [0.1, 0.15) is 5.56 Å². The summed E-state index contributed by atoms with van der Waals surface area (Å²) in [4.78, 5) is 0.813. The molecule has 2 rings (SSSR count). The van der Waals surface area contributed by atoms with Gasteiger partial charge in [-0.15, -0.1) is 11.8 Å².